The predicted octanol–water partition coefficient (Wildman–Crippen LogP) is 2.32. The van der Waals surface area contributed by atoms with Crippen molar-refractivity contribution in [2.75, 3.05) is 25.1 Å². The van der Waals surface area contributed by atoms with Crippen LogP contribution >= 0.6 is 15.9 Å². The van der Waals surface area contributed by atoms with Crippen LogP contribution in [0.4, 0.5) is 0 Å². The molecule has 1 saturated heterocycles. The molecule has 8 rings (SSSR count). The summed E-state index contributed by atoms with van der Waals surface area (Å²) in [5.74, 6) is 1.51. The van der Waals surface area contributed by atoms with Crippen LogP contribution in [0.25, 0.3) is 16.3 Å². The Morgan fingerprint density at radius 2 is 1.45 bits per heavy atom. The number of ether oxygens (including phenoxy) is 1. The molecule has 0 spiro atoms. The van der Waals surface area contributed by atoms with Crippen molar-refractivity contribution in [1.82, 2.24) is 0 Å². The second-order valence-corrected chi connectivity index (χ2v) is 17.9. The Labute approximate surface area is 431 Å². The van der Waals surface area contributed by atoms with Crippen molar-refractivity contribution < 1.29 is 70.6 Å². The average Bonchev–Trinajstić information content (AvgIpc) is 3.80. The first-order chi connectivity index (χ1) is 30.0. The lowest BCUT2D eigenvalue weighted by Gasteiger charge is -2.35. The van der Waals surface area contributed by atoms with E-state index in [4.69, 9.17) is 10.5 Å². The number of hydrogen-bond donors (Lipinski definition) is 2. The van der Waals surface area contributed by atoms with Gasteiger partial charge in [0.05, 0.1) is 5.54 Å². The van der Waals surface area contributed by atoms with Gasteiger partial charge in [-0.2, -0.15) is 0 Å². The third-order valence-electron chi connectivity index (χ3n) is 12.2. The monoisotopic (exact) mass is 1140 g/mol. The van der Waals surface area contributed by atoms with E-state index in [9.17, 15) is 9.59 Å². The van der Waals surface area contributed by atoms with Crippen molar-refractivity contribution in [3.8, 4) is 0 Å². The van der Waals surface area contributed by atoms with E-state index in [-0.39, 0.29) is 68.6 Å². The highest BCUT2D eigenvalue weighted by Gasteiger charge is 2.36. The Kier molecular flexibility index (Phi) is 29.6. The van der Waals surface area contributed by atoms with Crippen LogP contribution in [0.1, 0.15) is 108 Å². The van der Waals surface area contributed by atoms with Gasteiger partial charge in [-0.05, 0) is 135 Å². The second-order valence-electron chi connectivity index (χ2n) is 16.8. The molecule has 4 aliphatic rings. The van der Waals surface area contributed by atoms with Crippen molar-refractivity contribution in [3.63, 3.8) is 0 Å². The van der Waals surface area contributed by atoms with Crippen LogP contribution in [0.15, 0.2) is 125 Å². The number of benzene rings is 4. The summed E-state index contributed by atoms with van der Waals surface area (Å²) < 4.78 is 4.94. The molecule has 2 heterocycles. The number of aliphatic imine (C=N–C) groups is 1. The van der Waals surface area contributed by atoms with E-state index >= 15 is 0 Å². The fourth-order valence-corrected chi connectivity index (χ4v) is 8.62. The summed E-state index contributed by atoms with van der Waals surface area (Å²) in [5, 5.41) is 6.41. The first-order valence-corrected chi connectivity index (χ1v) is 24.0. The van der Waals surface area contributed by atoms with E-state index in [0.29, 0.717) is 31.1 Å². The number of carbonyl (C=O) groups excluding carboxylic acids is 2. The molecule has 1 fully saturated rings. The maximum atomic E-state index is 11.4. The van der Waals surface area contributed by atoms with Crippen LogP contribution in [-0.2, 0) is 33.7 Å². The van der Waals surface area contributed by atoms with Gasteiger partial charge in [-0.15, -0.1) is 0 Å². The number of nitrogens with zero attached hydrogens (tertiary/aromatic N) is 1. The van der Waals surface area contributed by atoms with Gasteiger partial charge in [-0.25, -0.2) is 0 Å². The molecule has 4 aromatic carbocycles. The van der Waals surface area contributed by atoms with E-state index < -0.39 is 5.54 Å². The zero-order chi connectivity index (χ0) is 44.9. The number of rotatable bonds is 9. The molecule has 10 heteroatoms. The van der Waals surface area contributed by atoms with Crippen molar-refractivity contribution in [3.05, 3.63) is 148 Å². The van der Waals surface area contributed by atoms with E-state index in [2.05, 4.69) is 88.6 Å². The Hall–Kier alpha value is -2.83. The summed E-state index contributed by atoms with van der Waals surface area (Å²) in [6, 6.07) is 31.0. The quantitative estimate of drug-likeness (QED) is 0.153. The lowest BCUT2D eigenvalue weighted by molar-refractivity contribution is -0.663. The molecule has 3 unspecified atom stereocenters. The van der Waals surface area contributed by atoms with Crippen molar-refractivity contribution in [2.24, 2.45) is 22.6 Å². The van der Waals surface area contributed by atoms with Crippen LogP contribution in [0.3, 0.4) is 0 Å². The van der Waals surface area contributed by atoms with E-state index in [1.54, 1.807) is 36.1 Å². The number of quaternary nitrogens is 1. The largest absolute Gasteiger partial charge is 1.00 e. The highest BCUT2D eigenvalue weighted by Crippen LogP contribution is 2.48. The van der Waals surface area contributed by atoms with Gasteiger partial charge < -0.3 is 66.7 Å². The zero-order valence-corrected chi connectivity index (χ0v) is 46.1. The molecule has 0 amide bonds. The first kappa shape index (κ1) is 60.2. The van der Waals surface area contributed by atoms with Gasteiger partial charge in [0, 0.05) is 36.1 Å². The standard InChI is InChI=1S/C24H25N.C13H17NO.C12H17NO.C4H8O.C2H5Br.3BrH/c1-15-11-17-7-3-5-9-19(17)23-21(15)13-25-14-22-16(2)12-18-8-4-6-10-20(18)24(22)23;1-3-9-14-13(11(2)15)10-12-7-5-4-6-8-12;1-3-12(13,10(2)14)9-11-7-5-4-6-8-11;1-2-4-5-3-1;1-2-3;;;/h3-7,9,11-12,18,20,25H,8,10,13-14H2,1-2H3;4-9,13H,3,10H2,1-2H3;4-8H,3,9,13H2,1-2H3;1-4H2;2H2,1H3;3*1H/p-2/t;;12-;;;;;/m..0...../s1. The fourth-order valence-electron chi connectivity index (χ4n) is 8.62. The van der Waals surface area contributed by atoms with Gasteiger partial charge in [0.15, 0.2) is 5.78 Å². The number of Topliss-reactive ketones (excluding diaryl/α,β-unsaturated/α-hetero) is 2. The Morgan fingerprint density at radius 1 is 0.862 bits per heavy atom. The third kappa shape index (κ3) is 18.3. The van der Waals surface area contributed by atoms with Gasteiger partial charge in [0.25, 0.3) is 0 Å². The van der Waals surface area contributed by atoms with Crippen molar-refractivity contribution in [2.45, 2.75) is 118 Å². The van der Waals surface area contributed by atoms with Crippen molar-refractivity contribution in [1.29, 1.82) is 0 Å². The topological polar surface area (TPSA) is 98.4 Å². The minimum atomic E-state index is -0.693. The summed E-state index contributed by atoms with van der Waals surface area (Å²) in [4.78, 5) is 27.0. The fraction of sp³-hybridized carbons (Fsp3) is 0.436. The molecule has 65 heavy (non-hydrogen) atoms. The second kappa shape index (κ2) is 32.0. The number of aryl methyl sites for hydroxylation is 1. The van der Waals surface area contributed by atoms with E-state index in [1.165, 1.54) is 47.6 Å². The molecule has 6 nitrogen and oxygen atoms in total. The first-order valence-electron chi connectivity index (χ1n) is 22.9. The number of fused-ring (bicyclic) bond motifs is 6. The van der Waals surface area contributed by atoms with E-state index in [0.717, 1.165) is 49.2 Å². The van der Waals surface area contributed by atoms with Crippen LogP contribution < -0.4 is 62.0 Å². The van der Waals surface area contributed by atoms with Gasteiger partial charge in [-0.1, -0.05) is 146 Å². The highest BCUT2D eigenvalue weighted by molar-refractivity contribution is 9.09. The van der Waals surface area contributed by atoms with Gasteiger partial charge in [-0.3, -0.25) is 14.6 Å². The number of nitrogens with two attached hydrogens (primary N) is 2. The molecule has 2 aliphatic heterocycles. The summed E-state index contributed by atoms with van der Waals surface area (Å²) in [5.41, 5.74) is 17.0. The number of ketones is 2. The maximum absolute atomic E-state index is 11.4. The van der Waals surface area contributed by atoms with Gasteiger partial charge in [0.1, 0.15) is 24.9 Å². The van der Waals surface area contributed by atoms with Gasteiger partial charge in [0.2, 0.25) is 0 Å². The minimum absolute atomic E-state index is 0. The zero-order valence-electron chi connectivity index (χ0n) is 39.7. The molecule has 0 bridgehead atoms. The smallest absolute Gasteiger partial charge is 0.154 e. The normalized spacial score (nSPS) is 18.0. The number of halogens is 4. The summed E-state index contributed by atoms with van der Waals surface area (Å²) in [7, 11) is 0. The average molecular weight is 1140 g/mol. The van der Waals surface area contributed by atoms with Crippen LogP contribution in [-0.4, -0.2) is 54.5 Å². The van der Waals surface area contributed by atoms with E-state index in [1.807, 2.05) is 87.6 Å². The molecule has 4 atom stereocenters. The summed E-state index contributed by atoms with van der Waals surface area (Å²) >= 11 is 3.15. The molecule has 2 aliphatic carbocycles. The number of carbonyl (C=O) groups is 2. The molecular weight excluding hydrogens is 1070 g/mol. The number of hydrogen-bond acceptors (Lipinski definition) is 5. The molecule has 356 valence electrons. The number of allylic oxidation sites excluding steroid dienone is 4. The Bertz CT molecular complexity index is 2140. The predicted molar refractivity (Wildman–Crippen MR) is 266 cm³/mol. The Morgan fingerprint density at radius 3 is 2.00 bits per heavy atom. The van der Waals surface area contributed by atoms with Gasteiger partial charge >= 0.3 is 0 Å². The molecule has 4 N–H and O–H groups in total. The molecular formula is C55H73Br4N3O3-2. The molecule has 0 saturated carbocycles. The lowest BCUT2D eigenvalue weighted by atomic mass is 9.68. The van der Waals surface area contributed by atoms with Crippen LogP contribution in [0, 0.1) is 18.8 Å². The molecule has 4 aromatic rings. The molecule has 0 aromatic heterocycles. The Balaban J connectivity index is 0.000000460. The lowest BCUT2D eigenvalue weighted by Crippen LogP contribution is -3.00. The molecule has 0 radical (unpaired) electrons. The summed E-state index contributed by atoms with van der Waals surface area (Å²) in [6.45, 7) is 18.0. The van der Waals surface area contributed by atoms with Crippen LogP contribution in [0.5, 0.6) is 0 Å². The third-order valence-corrected chi connectivity index (χ3v) is 12.2. The summed E-state index contributed by atoms with van der Waals surface area (Å²) in [6.07, 6.45) is 17.0. The number of alkyl halides is 1. The van der Waals surface area contributed by atoms with Crippen LogP contribution in [0.2, 0.25) is 0 Å². The maximum Gasteiger partial charge on any atom is 0.154 e. The van der Waals surface area contributed by atoms with Crippen molar-refractivity contribution >= 4 is 50.1 Å². The minimum Gasteiger partial charge on any atom is -1.00 e. The SMILES string of the molecule is C1CCOC1.CC1=CC2CC=CCC2C2=C1C[NH2+]Cc1c(C)cc3ccccc3c12.CCBr.CCC=NC(Cc1ccccc1)C(C)=O.CC[C@](N)(Cc1ccccc1)C(C)=O.[Br-].[Br-].[Br-]. The highest BCUT2D eigenvalue weighted by atomic mass is 79.9.